The van der Waals surface area contributed by atoms with Gasteiger partial charge < -0.3 is 69.7 Å². The maximum Gasteiger partial charge on any atom is 0.472 e. The van der Waals surface area contributed by atoms with Gasteiger partial charge in [0.2, 0.25) is 5.91 Å². The number of amides is 1. The number of esters is 1. The van der Waals surface area contributed by atoms with Gasteiger partial charge >= 0.3 is 27.3 Å². The minimum atomic E-state index is -5.42. The molecule has 0 saturated carbocycles. The number of nitrogen functional groups attached to an aromatic ring is 2. The average Bonchev–Trinajstić information content (AvgIpc) is 4.11. The summed E-state index contributed by atoms with van der Waals surface area (Å²) in [7, 11) is -10.6. The molecule has 9 N–H and O–H groups in total. The molecule has 0 spiro atoms. The molecule has 4 saturated heterocycles. The van der Waals surface area contributed by atoms with E-state index in [0.717, 1.165) is 30.2 Å². The number of carbonyl (C=O) groups excluding carboxylic acids is 2. The molecule has 382 valence electrons. The van der Waals surface area contributed by atoms with Crippen LogP contribution in [0.5, 0.6) is 0 Å². The highest BCUT2D eigenvalue weighted by atomic mass is 31.2. The molecular formula is C39H57N9O19P2. The number of unbranched alkanes of at least 4 members (excludes halogenated alkanes) is 1. The number of aliphatic hydroxyl groups is 1. The number of nitrogens with two attached hydrogens (primary N) is 2. The van der Waals surface area contributed by atoms with Crippen LogP contribution in [-0.2, 0) is 65.4 Å². The molecule has 4 aliphatic rings. The lowest BCUT2D eigenvalue weighted by atomic mass is 10.1. The predicted octanol–water partition coefficient (Wildman–Crippen LogP) is 0.613. The molecular weight excluding hydrogens is 960 g/mol. The Balaban J connectivity index is 1.12. The van der Waals surface area contributed by atoms with E-state index in [1.54, 1.807) is 6.08 Å². The first-order chi connectivity index (χ1) is 33.0. The van der Waals surface area contributed by atoms with Gasteiger partial charge in [0.25, 0.3) is 0 Å². The van der Waals surface area contributed by atoms with Gasteiger partial charge in [-0.3, -0.25) is 27.5 Å². The Kier molecular flexibility index (Phi) is 18.0. The van der Waals surface area contributed by atoms with E-state index in [0.29, 0.717) is 45.3 Å². The summed E-state index contributed by atoms with van der Waals surface area (Å²) in [6.45, 7) is 2.97. The number of anilines is 2. The number of carbonyl (C=O) groups is 2. The van der Waals surface area contributed by atoms with Crippen molar-refractivity contribution in [1.82, 2.24) is 34.4 Å². The first kappa shape index (κ1) is 52.5. The Hall–Kier alpha value is -4.35. The maximum absolute atomic E-state index is 14.1. The summed E-state index contributed by atoms with van der Waals surface area (Å²) in [6, 6.07) is 0.0228. The van der Waals surface area contributed by atoms with E-state index in [9.17, 15) is 43.3 Å². The van der Waals surface area contributed by atoms with Crippen molar-refractivity contribution in [3.63, 3.8) is 0 Å². The lowest BCUT2D eigenvalue weighted by Crippen LogP contribution is -2.46. The molecule has 4 unspecified atom stereocenters. The number of imidazole rings is 1. The predicted molar refractivity (Wildman–Crippen MR) is 234 cm³/mol. The molecule has 0 bridgehead atoms. The Morgan fingerprint density at radius 2 is 1.68 bits per heavy atom. The normalized spacial score (nSPS) is 28.6. The van der Waals surface area contributed by atoms with Gasteiger partial charge in [-0.25, -0.2) is 33.7 Å². The molecule has 12 atom stereocenters. The Bertz CT molecular complexity index is 2380. The minimum absolute atomic E-state index is 0.00103. The summed E-state index contributed by atoms with van der Waals surface area (Å²) in [5.74, 6) is -1.61. The molecule has 4 fully saturated rings. The number of rotatable bonds is 24. The van der Waals surface area contributed by atoms with E-state index >= 15 is 0 Å². The lowest BCUT2D eigenvalue weighted by Gasteiger charge is -2.29. The molecule has 69 heavy (non-hydrogen) atoms. The van der Waals surface area contributed by atoms with Gasteiger partial charge in [-0.15, -0.1) is 6.58 Å². The number of nitrogens with one attached hydrogen (secondary N) is 1. The van der Waals surface area contributed by atoms with Crippen molar-refractivity contribution >= 4 is 50.3 Å². The van der Waals surface area contributed by atoms with Crippen molar-refractivity contribution in [2.45, 2.75) is 132 Å². The highest BCUT2D eigenvalue weighted by Gasteiger charge is 2.54. The maximum atomic E-state index is 14.1. The van der Waals surface area contributed by atoms with E-state index in [1.165, 1.54) is 23.2 Å². The van der Waals surface area contributed by atoms with Gasteiger partial charge in [0.1, 0.15) is 54.2 Å². The lowest BCUT2D eigenvalue weighted by molar-refractivity contribution is -0.181. The zero-order valence-corrected chi connectivity index (χ0v) is 39.0. The largest absolute Gasteiger partial charge is 0.472 e. The topological polar surface area (TPSA) is 384 Å². The molecule has 7 heterocycles. The van der Waals surface area contributed by atoms with Gasteiger partial charge in [0, 0.05) is 38.9 Å². The Labute approximate surface area is 393 Å². The number of aliphatic hydroxyl groups excluding tert-OH is 1. The van der Waals surface area contributed by atoms with E-state index in [4.69, 9.17) is 58.2 Å². The number of phosphoric acid groups is 2. The van der Waals surface area contributed by atoms with Crippen LogP contribution in [0.2, 0.25) is 0 Å². The molecule has 30 heteroatoms. The summed E-state index contributed by atoms with van der Waals surface area (Å²) in [6.07, 6.45) is -4.08. The van der Waals surface area contributed by atoms with Gasteiger partial charge in [-0.05, 0) is 57.4 Å². The van der Waals surface area contributed by atoms with Gasteiger partial charge in [-0.2, -0.15) is 4.98 Å². The molecule has 0 aromatic carbocycles. The second kappa shape index (κ2) is 23.7. The average molecular weight is 1020 g/mol. The van der Waals surface area contributed by atoms with Crippen molar-refractivity contribution in [2.24, 2.45) is 0 Å². The minimum Gasteiger partial charge on any atom is -0.455 e. The molecule has 28 nitrogen and oxygen atoms in total. The van der Waals surface area contributed by atoms with Crippen LogP contribution < -0.4 is 22.5 Å². The van der Waals surface area contributed by atoms with Crippen molar-refractivity contribution in [1.29, 1.82) is 0 Å². The number of allylic oxidation sites excluding steroid dienone is 1. The summed E-state index contributed by atoms with van der Waals surface area (Å²) >= 11 is 0. The molecule has 0 radical (unpaired) electrons. The van der Waals surface area contributed by atoms with Crippen molar-refractivity contribution in [3.8, 4) is 0 Å². The third-order valence-corrected chi connectivity index (χ3v) is 12.9. The van der Waals surface area contributed by atoms with E-state index in [2.05, 4.69) is 31.8 Å². The highest BCUT2D eigenvalue weighted by molar-refractivity contribution is 7.47. The van der Waals surface area contributed by atoms with Gasteiger partial charge in [0.05, 0.1) is 19.5 Å². The zero-order valence-electron chi connectivity index (χ0n) is 37.2. The first-order valence-electron chi connectivity index (χ1n) is 22.2. The molecule has 0 aliphatic carbocycles. The number of nitrogens with zero attached hydrogens (tertiary/aromatic N) is 6. The number of hydrogen-bond donors (Lipinski definition) is 7. The summed E-state index contributed by atoms with van der Waals surface area (Å²) < 4.78 is 85.1. The molecule has 7 rings (SSSR count). The molecule has 3 aromatic rings. The zero-order chi connectivity index (χ0) is 49.3. The van der Waals surface area contributed by atoms with Crippen molar-refractivity contribution in [3.05, 3.63) is 48.1 Å². The highest BCUT2D eigenvalue weighted by Crippen LogP contribution is 2.51. The van der Waals surface area contributed by atoms with Gasteiger partial charge in [-0.1, -0.05) is 6.08 Å². The van der Waals surface area contributed by atoms with Crippen molar-refractivity contribution in [2.75, 3.05) is 44.5 Å². The van der Waals surface area contributed by atoms with Crippen LogP contribution in [0.3, 0.4) is 0 Å². The number of hydrogen-bond acceptors (Lipinski definition) is 22. The van der Waals surface area contributed by atoms with E-state index in [-0.39, 0.29) is 48.5 Å². The smallest absolute Gasteiger partial charge is 0.455 e. The Morgan fingerprint density at radius 1 is 0.942 bits per heavy atom. The number of aromatic nitrogens is 6. The summed E-state index contributed by atoms with van der Waals surface area (Å²) in [5.41, 5.74) is 11.0. The summed E-state index contributed by atoms with van der Waals surface area (Å²) in [4.78, 5) is 86.6. The van der Waals surface area contributed by atoms with Crippen LogP contribution in [0.15, 0.2) is 42.4 Å². The monoisotopic (exact) mass is 1020 g/mol. The fraction of sp³-hybridized carbons (Fsp3) is 0.667. The van der Waals surface area contributed by atoms with Crippen LogP contribution in [0.1, 0.15) is 76.7 Å². The van der Waals surface area contributed by atoms with Crippen LogP contribution in [0.4, 0.5) is 11.6 Å². The van der Waals surface area contributed by atoms with Crippen LogP contribution >= 0.6 is 15.6 Å². The second-order valence-electron chi connectivity index (χ2n) is 16.4. The molecule has 3 aromatic heterocycles. The SMILES string of the molecule is C=CCCC(=O)NC(CCCCOC1CCCCO1)C(=O)O[C@H]1[C@@H](O)[C@H](n2cnc3c(N)ncnc32)O[C@H]1COP(=O)(O)O[C@H]1[C@@H](OC2CCCO2)[C@H](n2ccc(N)nc2=O)O[C@@H]1COP(=O)(O)O. The van der Waals surface area contributed by atoms with Crippen LogP contribution in [0.25, 0.3) is 11.2 Å². The first-order valence-corrected chi connectivity index (χ1v) is 25.3. The molecule has 4 aliphatic heterocycles. The quantitative estimate of drug-likeness (QED) is 0.0280. The van der Waals surface area contributed by atoms with Gasteiger partial charge in [0.15, 0.2) is 42.6 Å². The number of ether oxygens (including phenoxy) is 7. The van der Waals surface area contributed by atoms with E-state index < -0.39 is 108 Å². The fourth-order valence-corrected chi connectivity index (χ4v) is 9.37. The van der Waals surface area contributed by atoms with Crippen LogP contribution in [-0.4, -0.2) is 149 Å². The third kappa shape index (κ3) is 14.0. The second-order valence-corrected chi connectivity index (χ2v) is 19.1. The third-order valence-electron chi connectivity index (χ3n) is 11.4. The summed E-state index contributed by atoms with van der Waals surface area (Å²) in [5, 5.41) is 14.5. The fourth-order valence-electron chi connectivity index (χ4n) is 8.07. The molecule has 1 amide bonds. The van der Waals surface area contributed by atoms with Crippen LogP contribution in [0, 0.1) is 0 Å². The van der Waals surface area contributed by atoms with E-state index in [1.807, 2.05) is 0 Å². The Morgan fingerprint density at radius 3 is 2.41 bits per heavy atom. The van der Waals surface area contributed by atoms with Crippen molar-refractivity contribution < 1.29 is 85.2 Å². The number of fused-ring (bicyclic) bond motifs is 1. The number of phosphoric ester groups is 2. The standard InChI is InChI=1S/C39H57N9O19P2/c1-2-3-10-26(49)45-22(9-4-6-15-58-27-11-5-7-16-59-27)38(51)66-31-23(63-36(30(31)50)48-21-44-29-34(41)42-20-43-35(29)48)19-62-69(56,57)67-32-24(18-61-68(53,54)55)64-37(33(32)65-28-12-8-17-60-28)47-14-13-25(40)46-39(47)52/h2,13-14,20-24,27-28,30-33,36-37,50H,1,3-12,15-19H2,(H,45,49)(H,56,57)(H2,40,46,52)(H2,41,42,43)(H2,53,54,55)/t22?,23-,24+,27?,28?,30+,31+,32+,33+,36+,37+/m0/s1.